The Bertz CT molecular complexity index is 1170. The second kappa shape index (κ2) is 13.8. The average molecular weight is 571 g/mol. The van der Waals surface area contributed by atoms with Crippen molar-refractivity contribution in [2.45, 2.75) is 51.9 Å². The highest BCUT2D eigenvalue weighted by atomic mass is 35.5. The number of aromatic hydroxyl groups is 1. The molecule has 11 nitrogen and oxygen atoms in total. The lowest BCUT2D eigenvalue weighted by Gasteiger charge is -2.26. The van der Waals surface area contributed by atoms with E-state index in [-0.39, 0.29) is 47.4 Å². The van der Waals surface area contributed by atoms with Crippen molar-refractivity contribution >= 4 is 37.0 Å². The van der Waals surface area contributed by atoms with Crippen LogP contribution in [0.4, 0.5) is 0 Å². The fourth-order valence-electron chi connectivity index (χ4n) is 4.15. The molecule has 1 aromatic carbocycles. The smallest absolute Gasteiger partial charge is 0.506 e. The van der Waals surface area contributed by atoms with Crippen molar-refractivity contribution in [3.05, 3.63) is 46.0 Å². The number of amides is 1. The fraction of sp³-hybridized carbons (Fsp3) is 0.480. The SMILES string of the molecule is C/C1=C\C(=NOCC(=O)N2CCCCC2)Cc2c(Cl)c(O)cc(OP(=O)(O)O)c2C(=O)OCC/C=C/CC1. The van der Waals surface area contributed by atoms with Crippen LogP contribution >= 0.6 is 19.4 Å². The maximum absolute atomic E-state index is 13.0. The van der Waals surface area contributed by atoms with E-state index in [2.05, 4.69) is 5.16 Å². The molecule has 0 atom stereocenters. The number of halogens is 1. The first-order valence-electron chi connectivity index (χ1n) is 12.3. The van der Waals surface area contributed by atoms with Crippen molar-refractivity contribution in [1.82, 2.24) is 4.90 Å². The Labute approximate surface area is 225 Å². The average Bonchev–Trinajstić information content (AvgIpc) is 2.85. The third-order valence-corrected chi connectivity index (χ3v) is 6.82. The normalized spacial score (nSPS) is 20.9. The quantitative estimate of drug-likeness (QED) is 0.203. The van der Waals surface area contributed by atoms with Gasteiger partial charge in [0.15, 0.2) is 6.61 Å². The third kappa shape index (κ3) is 8.87. The lowest BCUT2D eigenvalue weighted by atomic mass is 9.98. The van der Waals surface area contributed by atoms with Crippen molar-refractivity contribution < 1.29 is 43.1 Å². The fourth-order valence-corrected chi connectivity index (χ4v) is 4.77. The Morgan fingerprint density at radius 1 is 1.21 bits per heavy atom. The standard InChI is InChI=1S/C25H32ClN2O9P/c1-17-9-5-2-3-8-12-35-25(31)23-19(24(26)20(29)15-21(23)37-38(32,33)34)14-18(13-17)27-36-16-22(30)28-10-6-4-7-11-28/h2-3,13,15,29H,4-12,14,16H2,1H3,(H2,32,33,34)/b3-2+,17-13+,27-18?. The number of ether oxygens (including phenoxy) is 1. The summed E-state index contributed by atoms with van der Waals surface area (Å²) in [7, 11) is -5.12. The third-order valence-electron chi connectivity index (χ3n) is 5.97. The van der Waals surface area contributed by atoms with Crippen LogP contribution in [-0.4, -0.2) is 63.7 Å². The summed E-state index contributed by atoms with van der Waals surface area (Å²) in [6.07, 6.45) is 10.1. The number of nitrogens with zero attached hydrogens (tertiary/aromatic N) is 2. The summed E-state index contributed by atoms with van der Waals surface area (Å²) in [5, 5.41) is 14.3. The second-order valence-corrected chi connectivity index (χ2v) is 10.6. The Kier molecular flexibility index (Phi) is 10.8. The minimum absolute atomic E-state index is 0.000109. The van der Waals surface area contributed by atoms with Crippen LogP contribution in [0.3, 0.4) is 0 Å². The molecule has 0 radical (unpaired) electrons. The Morgan fingerprint density at radius 2 is 1.92 bits per heavy atom. The molecule has 1 fully saturated rings. The number of allylic oxidation sites excluding steroid dienone is 3. The Balaban J connectivity index is 2.01. The van der Waals surface area contributed by atoms with E-state index in [1.54, 1.807) is 11.0 Å². The summed E-state index contributed by atoms with van der Waals surface area (Å²) in [5.41, 5.74) is 0.795. The van der Waals surface area contributed by atoms with E-state index >= 15 is 0 Å². The molecule has 2 aliphatic heterocycles. The molecular weight excluding hydrogens is 539 g/mol. The first-order valence-corrected chi connectivity index (χ1v) is 14.2. The zero-order chi connectivity index (χ0) is 27.7. The number of rotatable bonds is 5. The van der Waals surface area contributed by atoms with E-state index in [0.717, 1.165) is 37.3 Å². The Hall–Kier alpha value is -2.85. The van der Waals surface area contributed by atoms with Crippen LogP contribution in [0.15, 0.2) is 35.0 Å². The van der Waals surface area contributed by atoms with E-state index in [9.17, 15) is 29.0 Å². The number of piperidine rings is 1. The maximum Gasteiger partial charge on any atom is 0.524 e. The van der Waals surface area contributed by atoms with Gasteiger partial charge in [-0.25, -0.2) is 9.36 Å². The molecule has 0 bridgehead atoms. The van der Waals surface area contributed by atoms with Crippen molar-refractivity contribution in [1.29, 1.82) is 0 Å². The molecule has 0 spiro atoms. The molecule has 3 rings (SSSR count). The zero-order valence-corrected chi connectivity index (χ0v) is 22.7. The number of cyclic esters (lactones) is 1. The number of phenolic OH excluding ortho intramolecular Hbond substituents is 1. The van der Waals surface area contributed by atoms with Gasteiger partial charge in [0.2, 0.25) is 0 Å². The van der Waals surface area contributed by atoms with E-state index in [0.29, 0.717) is 25.9 Å². The van der Waals surface area contributed by atoms with E-state index in [1.165, 1.54) is 0 Å². The summed E-state index contributed by atoms with van der Waals surface area (Å²) in [5.74, 6) is -2.30. The number of carbonyl (C=O) groups excluding carboxylic acids is 2. The first-order chi connectivity index (χ1) is 18.0. The number of oxime groups is 1. The lowest BCUT2D eigenvalue weighted by Crippen LogP contribution is -2.37. The van der Waals surface area contributed by atoms with Crippen LogP contribution in [-0.2, 0) is 25.4 Å². The van der Waals surface area contributed by atoms with Gasteiger partial charge in [-0.05, 0) is 57.1 Å². The molecule has 1 saturated heterocycles. The molecule has 0 aromatic heterocycles. The van der Waals surface area contributed by atoms with Gasteiger partial charge in [0.1, 0.15) is 17.1 Å². The molecule has 2 heterocycles. The van der Waals surface area contributed by atoms with Gasteiger partial charge >= 0.3 is 13.8 Å². The number of phosphoric acid groups is 1. The molecule has 3 N–H and O–H groups in total. The number of phenols is 1. The highest BCUT2D eigenvalue weighted by Crippen LogP contribution is 2.45. The molecule has 13 heteroatoms. The van der Waals surface area contributed by atoms with Crippen LogP contribution in [0.25, 0.3) is 0 Å². The monoisotopic (exact) mass is 570 g/mol. The minimum Gasteiger partial charge on any atom is -0.506 e. The molecular formula is C25H32ClN2O9P. The van der Waals surface area contributed by atoms with Crippen molar-refractivity contribution in [2.75, 3.05) is 26.3 Å². The van der Waals surface area contributed by atoms with Gasteiger partial charge in [-0.2, -0.15) is 0 Å². The zero-order valence-electron chi connectivity index (χ0n) is 21.1. The van der Waals surface area contributed by atoms with E-state index in [4.69, 9.17) is 25.7 Å². The van der Waals surface area contributed by atoms with Gasteiger partial charge in [-0.15, -0.1) is 0 Å². The number of esters is 1. The molecule has 0 saturated carbocycles. The lowest BCUT2D eigenvalue weighted by molar-refractivity contribution is -0.137. The van der Waals surface area contributed by atoms with Gasteiger partial charge < -0.3 is 24.1 Å². The van der Waals surface area contributed by atoms with Crippen LogP contribution in [0.2, 0.25) is 5.02 Å². The summed E-state index contributed by atoms with van der Waals surface area (Å²) >= 11 is 6.36. The Morgan fingerprint density at radius 3 is 2.63 bits per heavy atom. The van der Waals surface area contributed by atoms with Crippen molar-refractivity contribution in [3.63, 3.8) is 0 Å². The van der Waals surface area contributed by atoms with Gasteiger partial charge in [0.25, 0.3) is 5.91 Å². The molecule has 1 aromatic rings. The van der Waals surface area contributed by atoms with Gasteiger partial charge in [-0.3, -0.25) is 14.6 Å². The largest absolute Gasteiger partial charge is 0.524 e. The second-order valence-electron chi connectivity index (χ2n) is 9.04. The molecule has 0 unspecified atom stereocenters. The predicted molar refractivity (Wildman–Crippen MR) is 140 cm³/mol. The number of likely N-dealkylation sites (tertiary alicyclic amines) is 1. The number of carbonyl (C=O) groups is 2. The summed E-state index contributed by atoms with van der Waals surface area (Å²) < 4.78 is 21.6. The molecule has 1 amide bonds. The van der Waals surface area contributed by atoms with Gasteiger partial charge in [-0.1, -0.05) is 34.5 Å². The van der Waals surface area contributed by atoms with E-state index < -0.39 is 25.3 Å². The highest BCUT2D eigenvalue weighted by molar-refractivity contribution is 7.46. The number of fused-ring (bicyclic) bond motifs is 1. The number of benzene rings is 1. The molecule has 208 valence electrons. The summed E-state index contributed by atoms with van der Waals surface area (Å²) in [6, 6.07) is 0.843. The van der Waals surface area contributed by atoms with Crippen LogP contribution in [0, 0.1) is 0 Å². The minimum atomic E-state index is -5.12. The first kappa shape index (κ1) is 29.7. The molecule has 2 aliphatic rings. The highest BCUT2D eigenvalue weighted by Gasteiger charge is 2.29. The summed E-state index contributed by atoms with van der Waals surface area (Å²) in [6.45, 7) is 2.93. The van der Waals surface area contributed by atoms with Gasteiger partial charge in [0.05, 0.1) is 17.3 Å². The maximum atomic E-state index is 13.0. The van der Waals surface area contributed by atoms with Crippen LogP contribution in [0.1, 0.15) is 61.4 Å². The molecule has 0 aliphatic carbocycles. The predicted octanol–water partition coefficient (Wildman–Crippen LogP) is 4.29. The van der Waals surface area contributed by atoms with E-state index in [1.807, 2.05) is 19.1 Å². The van der Waals surface area contributed by atoms with Crippen molar-refractivity contribution in [3.8, 4) is 11.5 Å². The summed E-state index contributed by atoms with van der Waals surface area (Å²) in [4.78, 5) is 51.4. The topological polar surface area (TPSA) is 155 Å². The number of phosphoric ester groups is 1. The van der Waals surface area contributed by atoms with Crippen LogP contribution in [0.5, 0.6) is 11.5 Å². The number of hydrogen-bond acceptors (Lipinski definition) is 8. The van der Waals surface area contributed by atoms with Crippen LogP contribution < -0.4 is 4.52 Å². The van der Waals surface area contributed by atoms with Gasteiger partial charge in [0, 0.05) is 25.6 Å². The number of hydrogen-bond donors (Lipinski definition) is 3. The molecule has 38 heavy (non-hydrogen) atoms. The van der Waals surface area contributed by atoms with Crippen molar-refractivity contribution in [2.24, 2.45) is 5.16 Å².